The first-order valence-corrected chi connectivity index (χ1v) is 9.77. The summed E-state index contributed by atoms with van der Waals surface area (Å²) in [5, 5.41) is 4.35. The van der Waals surface area contributed by atoms with E-state index in [9.17, 15) is 4.79 Å². The van der Waals surface area contributed by atoms with E-state index < -0.39 is 0 Å². The summed E-state index contributed by atoms with van der Waals surface area (Å²) >= 11 is 6.32. The fraction of sp³-hybridized carbons (Fsp3) is 0.0870. The Morgan fingerprint density at radius 2 is 1.90 bits per heavy atom. The Morgan fingerprint density at radius 3 is 2.65 bits per heavy atom. The smallest absolute Gasteiger partial charge is 0.271 e. The highest BCUT2D eigenvalue weighted by atomic mass is 35.5. The quantitative estimate of drug-likeness (QED) is 0.341. The van der Waals surface area contributed by atoms with Crippen molar-refractivity contribution >= 4 is 34.8 Å². The Labute approximate surface area is 183 Å². The molecule has 7 nitrogen and oxygen atoms in total. The van der Waals surface area contributed by atoms with Crippen LogP contribution in [0.5, 0.6) is 11.5 Å². The minimum atomic E-state index is -0.356. The van der Waals surface area contributed by atoms with Crippen LogP contribution in [0.1, 0.15) is 15.9 Å². The number of aromatic amines is 1. The van der Waals surface area contributed by atoms with E-state index in [4.69, 9.17) is 21.1 Å². The van der Waals surface area contributed by atoms with Gasteiger partial charge in [-0.25, -0.2) is 10.4 Å². The van der Waals surface area contributed by atoms with Gasteiger partial charge in [-0.05, 0) is 30.3 Å². The third-order valence-electron chi connectivity index (χ3n) is 4.68. The van der Waals surface area contributed by atoms with E-state index in [1.807, 2.05) is 30.3 Å². The van der Waals surface area contributed by atoms with Crippen LogP contribution in [0.4, 0.5) is 0 Å². The number of nitrogens with zero attached hydrogens (tertiary/aromatic N) is 2. The second-order valence-electron chi connectivity index (χ2n) is 6.59. The standard InChI is InChI=1S/C23H19ClN4O3/c1-30-19-11-9-16(20(24)21(19)31-2)13-25-28-23(29)15-8-10-17-18(12-15)27-22(26-17)14-6-4-3-5-7-14/h3-13H,1-2H3,(H,26,27)(H,28,29)/b25-13+. The molecule has 0 aliphatic heterocycles. The summed E-state index contributed by atoms with van der Waals surface area (Å²) in [5.41, 5.74) is 6.05. The van der Waals surface area contributed by atoms with Gasteiger partial charge in [-0.1, -0.05) is 41.9 Å². The molecule has 0 unspecified atom stereocenters. The summed E-state index contributed by atoms with van der Waals surface area (Å²) in [6.45, 7) is 0. The molecule has 0 bridgehead atoms. The molecule has 0 atom stereocenters. The maximum atomic E-state index is 12.5. The number of fused-ring (bicyclic) bond motifs is 1. The first-order chi connectivity index (χ1) is 15.1. The maximum Gasteiger partial charge on any atom is 0.271 e. The average molecular weight is 435 g/mol. The normalized spacial score (nSPS) is 11.1. The van der Waals surface area contributed by atoms with Crippen molar-refractivity contribution in [2.75, 3.05) is 14.2 Å². The minimum Gasteiger partial charge on any atom is -0.493 e. The van der Waals surface area contributed by atoms with E-state index in [2.05, 4.69) is 20.5 Å². The van der Waals surface area contributed by atoms with Crippen molar-refractivity contribution in [1.82, 2.24) is 15.4 Å². The number of aromatic nitrogens is 2. The number of amides is 1. The van der Waals surface area contributed by atoms with Gasteiger partial charge in [0.2, 0.25) is 0 Å². The molecule has 0 aliphatic carbocycles. The monoisotopic (exact) mass is 434 g/mol. The zero-order chi connectivity index (χ0) is 21.8. The van der Waals surface area contributed by atoms with Crippen LogP contribution >= 0.6 is 11.6 Å². The van der Waals surface area contributed by atoms with Crippen LogP contribution in [0.25, 0.3) is 22.4 Å². The molecule has 1 heterocycles. The first-order valence-electron chi connectivity index (χ1n) is 9.39. The number of carbonyl (C=O) groups is 1. The summed E-state index contributed by atoms with van der Waals surface area (Å²) < 4.78 is 10.5. The van der Waals surface area contributed by atoms with Gasteiger partial charge in [-0.15, -0.1) is 0 Å². The molecule has 4 rings (SSSR count). The van der Waals surface area contributed by atoms with Gasteiger partial charge in [0.05, 0.1) is 36.5 Å². The molecule has 156 valence electrons. The number of ether oxygens (including phenoxy) is 2. The molecular formula is C23H19ClN4O3. The van der Waals surface area contributed by atoms with Gasteiger partial charge in [0.25, 0.3) is 5.91 Å². The van der Waals surface area contributed by atoms with Crippen LogP contribution < -0.4 is 14.9 Å². The molecule has 0 spiro atoms. The number of imidazole rings is 1. The number of methoxy groups -OCH3 is 2. The molecule has 8 heteroatoms. The van der Waals surface area contributed by atoms with Crippen molar-refractivity contribution in [1.29, 1.82) is 0 Å². The highest BCUT2D eigenvalue weighted by molar-refractivity contribution is 6.34. The fourth-order valence-corrected chi connectivity index (χ4v) is 3.39. The highest BCUT2D eigenvalue weighted by Gasteiger charge is 2.13. The van der Waals surface area contributed by atoms with Crippen molar-refractivity contribution in [3.05, 3.63) is 76.8 Å². The zero-order valence-electron chi connectivity index (χ0n) is 16.8. The van der Waals surface area contributed by atoms with E-state index in [0.717, 1.165) is 22.4 Å². The predicted octanol–water partition coefficient (Wildman–Crippen LogP) is 4.66. The number of H-pyrrole nitrogens is 1. The summed E-state index contributed by atoms with van der Waals surface area (Å²) in [7, 11) is 3.03. The summed E-state index contributed by atoms with van der Waals surface area (Å²) in [6, 6.07) is 18.5. The van der Waals surface area contributed by atoms with Crippen LogP contribution in [0.3, 0.4) is 0 Å². The SMILES string of the molecule is COc1ccc(/C=N/NC(=O)c2ccc3nc(-c4ccccc4)[nH]c3c2)c(Cl)c1OC. The molecule has 0 saturated heterocycles. The Morgan fingerprint density at radius 1 is 1.10 bits per heavy atom. The maximum absolute atomic E-state index is 12.5. The number of halogens is 1. The molecule has 1 amide bonds. The molecule has 3 aromatic carbocycles. The molecule has 31 heavy (non-hydrogen) atoms. The van der Waals surface area contributed by atoms with Crippen molar-refractivity contribution in [3.63, 3.8) is 0 Å². The Balaban J connectivity index is 1.51. The fourth-order valence-electron chi connectivity index (χ4n) is 3.11. The lowest BCUT2D eigenvalue weighted by atomic mass is 10.2. The molecule has 0 aliphatic rings. The number of hydrogen-bond acceptors (Lipinski definition) is 5. The van der Waals surface area contributed by atoms with Gasteiger partial charge < -0.3 is 14.5 Å². The number of hydrogen-bond donors (Lipinski definition) is 2. The van der Waals surface area contributed by atoms with Gasteiger partial charge in [0, 0.05) is 16.7 Å². The van der Waals surface area contributed by atoms with E-state index in [-0.39, 0.29) is 5.91 Å². The van der Waals surface area contributed by atoms with E-state index in [0.29, 0.717) is 27.6 Å². The van der Waals surface area contributed by atoms with E-state index in [1.165, 1.54) is 20.4 Å². The molecule has 2 N–H and O–H groups in total. The van der Waals surface area contributed by atoms with Crippen LogP contribution in [0.2, 0.25) is 5.02 Å². The number of nitrogens with one attached hydrogen (secondary N) is 2. The number of carbonyl (C=O) groups excluding carboxylic acids is 1. The van der Waals surface area contributed by atoms with Crippen LogP contribution in [-0.4, -0.2) is 36.3 Å². The molecule has 0 fully saturated rings. The van der Waals surface area contributed by atoms with Crippen LogP contribution in [0.15, 0.2) is 65.8 Å². The average Bonchev–Trinajstić information content (AvgIpc) is 3.24. The summed E-state index contributed by atoms with van der Waals surface area (Å²) in [4.78, 5) is 20.3. The molecular weight excluding hydrogens is 416 g/mol. The first kappa shape index (κ1) is 20.4. The Hall–Kier alpha value is -3.84. The number of hydrazone groups is 1. The second kappa shape index (κ2) is 8.89. The second-order valence-corrected chi connectivity index (χ2v) is 6.96. The summed E-state index contributed by atoms with van der Waals surface area (Å²) in [6.07, 6.45) is 1.45. The number of benzene rings is 3. The Kier molecular flexibility index (Phi) is 5.86. The van der Waals surface area contributed by atoms with Gasteiger partial charge in [0.15, 0.2) is 11.5 Å². The minimum absolute atomic E-state index is 0.340. The van der Waals surface area contributed by atoms with Gasteiger partial charge >= 0.3 is 0 Å². The van der Waals surface area contributed by atoms with E-state index in [1.54, 1.807) is 30.3 Å². The Bertz CT molecular complexity index is 1270. The van der Waals surface area contributed by atoms with Gasteiger partial charge in [-0.3, -0.25) is 4.79 Å². The highest BCUT2D eigenvalue weighted by Crippen LogP contribution is 2.36. The lowest BCUT2D eigenvalue weighted by Crippen LogP contribution is -2.17. The lowest BCUT2D eigenvalue weighted by molar-refractivity contribution is 0.0955. The summed E-state index contributed by atoms with van der Waals surface area (Å²) in [5.74, 6) is 1.30. The van der Waals surface area contributed by atoms with Crippen molar-refractivity contribution < 1.29 is 14.3 Å². The van der Waals surface area contributed by atoms with Crippen LogP contribution in [-0.2, 0) is 0 Å². The largest absolute Gasteiger partial charge is 0.493 e. The third-order valence-corrected chi connectivity index (χ3v) is 5.07. The van der Waals surface area contributed by atoms with E-state index >= 15 is 0 Å². The van der Waals surface area contributed by atoms with Crippen molar-refractivity contribution in [3.8, 4) is 22.9 Å². The predicted molar refractivity (Wildman–Crippen MR) is 121 cm³/mol. The molecule has 4 aromatic rings. The van der Waals surface area contributed by atoms with Gasteiger partial charge in [-0.2, -0.15) is 5.10 Å². The molecule has 1 aromatic heterocycles. The lowest BCUT2D eigenvalue weighted by Gasteiger charge is -2.10. The van der Waals surface area contributed by atoms with Crippen LogP contribution in [0, 0.1) is 0 Å². The third kappa shape index (κ3) is 4.22. The topological polar surface area (TPSA) is 88.6 Å². The van der Waals surface area contributed by atoms with Gasteiger partial charge in [0.1, 0.15) is 5.82 Å². The number of rotatable bonds is 6. The molecule has 0 saturated carbocycles. The molecule has 0 radical (unpaired) electrons. The van der Waals surface area contributed by atoms with Crippen molar-refractivity contribution in [2.45, 2.75) is 0 Å². The zero-order valence-corrected chi connectivity index (χ0v) is 17.6. The van der Waals surface area contributed by atoms with Crippen molar-refractivity contribution in [2.24, 2.45) is 5.10 Å².